The quantitative estimate of drug-likeness (QED) is 0.173. The molecule has 0 radical (unpaired) electrons. The molecule has 14 heteroatoms. The van der Waals surface area contributed by atoms with Crippen LogP contribution in [0, 0.1) is 0 Å². The monoisotopic (exact) mass is 435 g/mol. The van der Waals surface area contributed by atoms with Crippen LogP contribution in [0.15, 0.2) is 39.4 Å². The van der Waals surface area contributed by atoms with Gasteiger partial charge in [0, 0.05) is 12.1 Å². The molecule has 8 N–H and O–H groups in total. The number of nitrogens with zero attached hydrogens (tertiary/aromatic N) is 3. The summed E-state index contributed by atoms with van der Waals surface area (Å²) in [4.78, 5) is 7.73. The van der Waals surface area contributed by atoms with E-state index >= 15 is 0 Å². The SMILES string of the molecule is NC(=NCCC1(NS(N)(=O)=O)CC1)/C(=N\O)C(N)=Nc1cccc(C(F)(F)F)c1. The first-order valence-corrected chi connectivity index (χ1v) is 9.76. The maximum Gasteiger partial charge on any atom is 0.416 e. The fourth-order valence-electron chi connectivity index (χ4n) is 2.50. The smallest absolute Gasteiger partial charge is 0.410 e. The van der Waals surface area contributed by atoms with Crippen molar-refractivity contribution in [2.75, 3.05) is 6.54 Å². The van der Waals surface area contributed by atoms with Crippen molar-refractivity contribution in [3.8, 4) is 0 Å². The average Bonchev–Trinajstić information content (AvgIpc) is 3.32. The van der Waals surface area contributed by atoms with Gasteiger partial charge in [-0.25, -0.2) is 10.1 Å². The van der Waals surface area contributed by atoms with Crippen molar-refractivity contribution in [2.24, 2.45) is 31.7 Å². The molecule has 1 aliphatic rings. The van der Waals surface area contributed by atoms with Crippen molar-refractivity contribution in [3.05, 3.63) is 29.8 Å². The largest absolute Gasteiger partial charge is 0.416 e. The summed E-state index contributed by atoms with van der Waals surface area (Å²) in [6, 6.07) is 4.07. The summed E-state index contributed by atoms with van der Waals surface area (Å²) in [7, 11) is -3.87. The summed E-state index contributed by atoms with van der Waals surface area (Å²) in [5.74, 6) is -0.760. The minimum atomic E-state index is -4.56. The van der Waals surface area contributed by atoms with Crippen LogP contribution < -0.4 is 21.3 Å². The van der Waals surface area contributed by atoms with E-state index in [0.717, 1.165) is 18.2 Å². The first-order chi connectivity index (χ1) is 13.4. The van der Waals surface area contributed by atoms with Crippen molar-refractivity contribution in [1.29, 1.82) is 0 Å². The van der Waals surface area contributed by atoms with Crippen LogP contribution in [0.3, 0.4) is 0 Å². The Morgan fingerprint density at radius 1 is 1.24 bits per heavy atom. The highest BCUT2D eigenvalue weighted by Crippen LogP contribution is 2.39. The Hall–Kier alpha value is -2.71. The number of rotatable bonds is 8. The van der Waals surface area contributed by atoms with Crippen molar-refractivity contribution >= 4 is 33.3 Å². The third kappa shape index (κ3) is 6.69. The molecular formula is C15H20F3N7O3S. The zero-order valence-corrected chi connectivity index (χ0v) is 15.8. The van der Waals surface area contributed by atoms with Gasteiger partial charge in [-0.15, -0.1) is 0 Å². The molecular weight excluding hydrogens is 415 g/mol. The van der Waals surface area contributed by atoms with Crippen LogP contribution in [0.1, 0.15) is 24.8 Å². The van der Waals surface area contributed by atoms with E-state index in [1.54, 1.807) is 0 Å². The summed E-state index contributed by atoms with van der Waals surface area (Å²) in [6.07, 6.45) is -3.11. The Kier molecular flexibility index (Phi) is 6.50. The third-order valence-electron chi connectivity index (χ3n) is 4.09. The lowest BCUT2D eigenvalue weighted by molar-refractivity contribution is -0.137. The van der Waals surface area contributed by atoms with Crippen LogP contribution in [0.5, 0.6) is 0 Å². The third-order valence-corrected chi connectivity index (χ3v) is 4.81. The lowest BCUT2D eigenvalue weighted by Crippen LogP contribution is -2.41. The molecule has 10 nitrogen and oxygen atoms in total. The van der Waals surface area contributed by atoms with E-state index in [1.807, 2.05) is 0 Å². The van der Waals surface area contributed by atoms with Crippen molar-refractivity contribution in [3.63, 3.8) is 0 Å². The second kappa shape index (κ2) is 8.34. The zero-order valence-electron chi connectivity index (χ0n) is 15.0. The normalized spacial score (nSPS) is 18.0. The predicted octanol–water partition coefficient (Wildman–Crippen LogP) is 0.597. The van der Waals surface area contributed by atoms with E-state index < -0.39 is 39.0 Å². The Balaban J connectivity index is 2.10. The molecule has 0 bridgehead atoms. The Labute approximate surface area is 164 Å². The van der Waals surface area contributed by atoms with E-state index in [4.69, 9.17) is 21.8 Å². The Morgan fingerprint density at radius 2 is 1.90 bits per heavy atom. The minimum Gasteiger partial charge on any atom is -0.410 e. The summed E-state index contributed by atoms with van der Waals surface area (Å²) in [6.45, 7) is 0.0597. The van der Waals surface area contributed by atoms with Crippen LogP contribution in [-0.4, -0.2) is 43.1 Å². The van der Waals surface area contributed by atoms with Gasteiger partial charge >= 0.3 is 6.18 Å². The molecule has 2 rings (SSSR count). The number of alkyl halides is 3. The number of halogens is 3. The molecule has 0 amide bonds. The van der Waals surface area contributed by atoms with Crippen LogP contribution in [0.4, 0.5) is 18.9 Å². The van der Waals surface area contributed by atoms with E-state index in [-0.39, 0.29) is 24.5 Å². The highest BCUT2D eigenvalue weighted by molar-refractivity contribution is 7.87. The second-order valence-electron chi connectivity index (χ2n) is 6.44. The van der Waals surface area contributed by atoms with Gasteiger partial charge in [-0.05, 0) is 37.5 Å². The summed E-state index contributed by atoms with van der Waals surface area (Å²) >= 11 is 0. The highest BCUT2D eigenvalue weighted by Gasteiger charge is 2.44. The number of hydrogen-bond donors (Lipinski definition) is 5. The molecule has 29 heavy (non-hydrogen) atoms. The van der Waals surface area contributed by atoms with Crippen molar-refractivity contribution in [1.82, 2.24) is 4.72 Å². The van der Waals surface area contributed by atoms with Gasteiger partial charge < -0.3 is 16.7 Å². The first-order valence-electron chi connectivity index (χ1n) is 8.21. The van der Waals surface area contributed by atoms with Gasteiger partial charge in [-0.3, -0.25) is 4.99 Å². The van der Waals surface area contributed by atoms with E-state index in [0.29, 0.717) is 12.8 Å². The Bertz CT molecular complexity index is 954. The number of benzene rings is 1. The molecule has 0 aromatic heterocycles. The standard InChI is InChI=1S/C15H20F3N7O3S/c16-15(17,18)9-2-1-3-10(8-9)23-13(20)11(24-26)12(19)22-7-6-14(4-5-14)25-29(21,27)28/h1-3,8,25-26H,4-7H2,(H2,19,22)(H2,20,23)(H2,21,27,28)/b24-11+. The molecule has 0 spiro atoms. The molecule has 0 aliphatic heterocycles. The molecule has 0 saturated heterocycles. The zero-order chi connectivity index (χ0) is 21.9. The molecule has 1 saturated carbocycles. The molecule has 1 aromatic rings. The lowest BCUT2D eigenvalue weighted by atomic mass is 10.2. The van der Waals surface area contributed by atoms with Crippen LogP contribution in [0.2, 0.25) is 0 Å². The summed E-state index contributed by atoms with van der Waals surface area (Å²) in [5.41, 5.74) is 9.24. The van der Waals surface area contributed by atoms with E-state index in [1.165, 1.54) is 6.07 Å². The van der Waals surface area contributed by atoms with Gasteiger partial charge in [0.1, 0.15) is 0 Å². The van der Waals surface area contributed by atoms with Crippen LogP contribution in [0.25, 0.3) is 0 Å². The van der Waals surface area contributed by atoms with Gasteiger partial charge in [0.2, 0.25) is 0 Å². The maximum atomic E-state index is 12.8. The second-order valence-corrected chi connectivity index (χ2v) is 7.73. The maximum absolute atomic E-state index is 12.8. The van der Waals surface area contributed by atoms with Crippen LogP contribution in [-0.2, 0) is 16.4 Å². The molecule has 0 heterocycles. The van der Waals surface area contributed by atoms with Gasteiger partial charge in [0.15, 0.2) is 17.4 Å². The Morgan fingerprint density at radius 3 is 2.41 bits per heavy atom. The summed E-state index contributed by atoms with van der Waals surface area (Å²) in [5, 5.41) is 17.0. The minimum absolute atomic E-state index is 0.0597. The number of nitrogens with two attached hydrogens (primary N) is 3. The highest BCUT2D eigenvalue weighted by atomic mass is 32.2. The van der Waals surface area contributed by atoms with E-state index in [2.05, 4.69) is 19.9 Å². The molecule has 1 aromatic carbocycles. The topological polar surface area (TPSA) is 182 Å². The lowest BCUT2D eigenvalue weighted by Gasteiger charge is -2.14. The average molecular weight is 435 g/mol. The molecule has 1 fully saturated rings. The molecule has 160 valence electrons. The number of nitrogens with one attached hydrogen (secondary N) is 1. The number of aliphatic imine (C=N–C) groups is 2. The predicted molar refractivity (Wildman–Crippen MR) is 101 cm³/mol. The number of hydrogen-bond acceptors (Lipinski definition) is 6. The molecule has 1 aliphatic carbocycles. The molecule has 0 atom stereocenters. The van der Waals surface area contributed by atoms with Crippen LogP contribution >= 0.6 is 0 Å². The van der Waals surface area contributed by atoms with Gasteiger partial charge in [-0.2, -0.15) is 26.3 Å². The van der Waals surface area contributed by atoms with Crippen molar-refractivity contribution in [2.45, 2.75) is 31.0 Å². The van der Waals surface area contributed by atoms with Crippen molar-refractivity contribution < 1.29 is 26.8 Å². The fraction of sp³-hybridized carbons (Fsp3) is 0.400. The van der Waals surface area contributed by atoms with Gasteiger partial charge in [0.05, 0.1) is 11.3 Å². The van der Waals surface area contributed by atoms with Gasteiger partial charge in [0.25, 0.3) is 10.2 Å². The first kappa shape index (κ1) is 22.6. The van der Waals surface area contributed by atoms with E-state index in [9.17, 15) is 21.6 Å². The number of oxime groups is 1. The summed E-state index contributed by atoms with van der Waals surface area (Å²) < 4.78 is 62.9. The number of amidine groups is 2. The molecule has 0 unspecified atom stereocenters. The van der Waals surface area contributed by atoms with Gasteiger partial charge in [-0.1, -0.05) is 11.2 Å². The fourth-order valence-corrected chi connectivity index (χ4v) is 3.41.